The Morgan fingerprint density at radius 2 is 2.04 bits per heavy atom. The van der Waals surface area contributed by atoms with Gasteiger partial charge >= 0.3 is 11.9 Å². The van der Waals surface area contributed by atoms with Gasteiger partial charge < -0.3 is 25.2 Å². The smallest absolute Gasteiger partial charge is 0.326 e. The Balaban J connectivity index is 2.14. The lowest BCUT2D eigenvalue weighted by molar-refractivity contribution is -0.147. The third-order valence-corrected chi connectivity index (χ3v) is 4.11. The number of aryl methyl sites for hydroxylation is 1. The SMILES string of the molecule is COc1ccc(C)cc1N1CC(C(=O)NC(CC(=O)O)C(=O)O)CC1=O. The molecule has 1 saturated heterocycles. The van der Waals surface area contributed by atoms with Crippen LogP contribution in [0.4, 0.5) is 5.69 Å². The average Bonchev–Trinajstić information content (AvgIpc) is 2.95. The van der Waals surface area contributed by atoms with Crippen molar-refractivity contribution in [3.63, 3.8) is 0 Å². The molecule has 9 nitrogen and oxygen atoms in total. The highest BCUT2D eigenvalue weighted by Crippen LogP contribution is 2.33. The largest absolute Gasteiger partial charge is 0.495 e. The first-order valence-corrected chi connectivity index (χ1v) is 7.93. The first-order valence-electron chi connectivity index (χ1n) is 7.93. The van der Waals surface area contributed by atoms with Crippen LogP contribution in [-0.2, 0) is 19.2 Å². The molecule has 1 aromatic carbocycles. The van der Waals surface area contributed by atoms with E-state index in [1.54, 1.807) is 12.1 Å². The van der Waals surface area contributed by atoms with E-state index < -0.39 is 36.2 Å². The minimum atomic E-state index is -1.54. The molecule has 1 aromatic rings. The third-order valence-electron chi connectivity index (χ3n) is 4.11. The molecule has 26 heavy (non-hydrogen) atoms. The van der Waals surface area contributed by atoms with Crippen LogP contribution in [-0.4, -0.2) is 53.7 Å². The Morgan fingerprint density at radius 3 is 2.62 bits per heavy atom. The lowest BCUT2D eigenvalue weighted by Crippen LogP contribution is -2.45. The van der Waals surface area contributed by atoms with E-state index in [1.165, 1.54) is 12.0 Å². The van der Waals surface area contributed by atoms with Gasteiger partial charge in [0.05, 0.1) is 25.1 Å². The average molecular weight is 364 g/mol. The van der Waals surface area contributed by atoms with Gasteiger partial charge in [-0.1, -0.05) is 6.07 Å². The molecule has 0 spiro atoms. The second kappa shape index (κ2) is 7.85. The number of methoxy groups -OCH3 is 1. The zero-order valence-electron chi connectivity index (χ0n) is 14.4. The van der Waals surface area contributed by atoms with Gasteiger partial charge in [-0.25, -0.2) is 4.79 Å². The molecule has 2 atom stereocenters. The molecule has 2 rings (SSSR count). The van der Waals surface area contributed by atoms with E-state index in [4.69, 9.17) is 14.9 Å². The van der Waals surface area contributed by atoms with E-state index in [2.05, 4.69) is 5.32 Å². The van der Waals surface area contributed by atoms with Crippen molar-refractivity contribution in [1.29, 1.82) is 0 Å². The molecule has 2 amide bonds. The number of nitrogens with one attached hydrogen (secondary N) is 1. The molecule has 0 aromatic heterocycles. The molecule has 1 aliphatic heterocycles. The highest BCUT2D eigenvalue weighted by molar-refractivity contribution is 6.02. The fraction of sp³-hybridized carbons (Fsp3) is 0.412. The van der Waals surface area contributed by atoms with Crippen molar-refractivity contribution in [3.8, 4) is 5.75 Å². The number of ether oxygens (including phenoxy) is 1. The van der Waals surface area contributed by atoms with Crippen LogP contribution in [0, 0.1) is 12.8 Å². The quantitative estimate of drug-likeness (QED) is 0.638. The standard InChI is InChI=1S/C17H20N2O7/c1-9-3-4-13(26-2)12(5-9)19-8-10(6-14(19)20)16(23)18-11(17(24)25)7-15(21)22/h3-5,10-11H,6-8H2,1-2H3,(H,18,23)(H,21,22)(H,24,25). The topological polar surface area (TPSA) is 133 Å². The lowest BCUT2D eigenvalue weighted by Gasteiger charge is -2.20. The Bertz CT molecular complexity index is 747. The van der Waals surface area contributed by atoms with Crippen molar-refractivity contribution in [1.82, 2.24) is 5.32 Å². The van der Waals surface area contributed by atoms with Gasteiger partial charge in [-0.05, 0) is 24.6 Å². The lowest BCUT2D eigenvalue weighted by atomic mass is 10.1. The third kappa shape index (κ3) is 4.29. The summed E-state index contributed by atoms with van der Waals surface area (Å²) >= 11 is 0. The van der Waals surface area contributed by atoms with Gasteiger partial charge in [0.2, 0.25) is 11.8 Å². The van der Waals surface area contributed by atoms with Crippen molar-refractivity contribution in [2.45, 2.75) is 25.8 Å². The van der Waals surface area contributed by atoms with Gasteiger partial charge in [0, 0.05) is 13.0 Å². The number of aliphatic carboxylic acids is 2. The number of hydrogen-bond donors (Lipinski definition) is 3. The van der Waals surface area contributed by atoms with Crippen LogP contribution in [0.25, 0.3) is 0 Å². The van der Waals surface area contributed by atoms with E-state index in [0.29, 0.717) is 11.4 Å². The number of rotatable bonds is 7. The van der Waals surface area contributed by atoms with Crippen molar-refractivity contribution in [3.05, 3.63) is 23.8 Å². The van der Waals surface area contributed by atoms with Crippen LogP contribution in [0.5, 0.6) is 5.75 Å². The highest BCUT2D eigenvalue weighted by Gasteiger charge is 2.37. The molecule has 0 aliphatic carbocycles. The Hall–Kier alpha value is -3.10. The number of benzene rings is 1. The molecule has 0 saturated carbocycles. The number of nitrogens with zero attached hydrogens (tertiary/aromatic N) is 1. The highest BCUT2D eigenvalue weighted by atomic mass is 16.5. The summed E-state index contributed by atoms with van der Waals surface area (Å²) in [5, 5.41) is 20.0. The minimum absolute atomic E-state index is 0.0594. The molecular formula is C17H20N2O7. The molecule has 1 aliphatic rings. The molecule has 0 radical (unpaired) electrons. The number of carbonyl (C=O) groups is 4. The normalized spacial score (nSPS) is 17.7. The van der Waals surface area contributed by atoms with Gasteiger partial charge in [-0.3, -0.25) is 14.4 Å². The summed E-state index contributed by atoms with van der Waals surface area (Å²) in [5.41, 5.74) is 1.45. The van der Waals surface area contributed by atoms with E-state index in [-0.39, 0.29) is 18.9 Å². The number of anilines is 1. The predicted octanol–water partition coefficient (Wildman–Crippen LogP) is 0.401. The van der Waals surface area contributed by atoms with Crippen molar-refractivity contribution < 1.29 is 34.1 Å². The summed E-state index contributed by atoms with van der Waals surface area (Å²) in [6.45, 7) is 1.92. The first kappa shape index (κ1) is 19.2. The van der Waals surface area contributed by atoms with Crippen LogP contribution in [0.15, 0.2) is 18.2 Å². The number of amides is 2. The predicted molar refractivity (Wildman–Crippen MR) is 90.0 cm³/mol. The summed E-state index contributed by atoms with van der Waals surface area (Å²) in [7, 11) is 1.47. The molecule has 9 heteroatoms. The van der Waals surface area contributed by atoms with Crippen LogP contribution in [0.3, 0.4) is 0 Å². The van der Waals surface area contributed by atoms with Crippen molar-refractivity contribution in [2.24, 2.45) is 5.92 Å². The van der Waals surface area contributed by atoms with Crippen LogP contribution >= 0.6 is 0 Å². The van der Waals surface area contributed by atoms with Crippen LogP contribution in [0.1, 0.15) is 18.4 Å². The van der Waals surface area contributed by atoms with Crippen molar-refractivity contribution >= 4 is 29.4 Å². The summed E-state index contributed by atoms with van der Waals surface area (Å²) in [6.07, 6.45) is -0.834. The Morgan fingerprint density at radius 1 is 1.35 bits per heavy atom. The monoisotopic (exact) mass is 364 g/mol. The first-order chi connectivity index (χ1) is 12.2. The number of hydrogen-bond acceptors (Lipinski definition) is 5. The fourth-order valence-corrected chi connectivity index (χ4v) is 2.79. The molecular weight excluding hydrogens is 344 g/mol. The zero-order chi connectivity index (χ0) is 19.4. The second-order valence-corrected chi connectivity index (χ2v) is 6.08. The minimum Gasteiger partial charge on any atom is -0.495 e. The maximum absolute atomic E-state index is 12.3. The zero-order valence-corrected chi connectivity index (χ0v) is 14.4. The molecule has 2 unspecified atom stereocenters. The van der Waals surface area contributed by atoms with Gasteiger partial charge in [-0.2, -0.15) is 0 Å². The van der Waals surface area contributed by atoms with Crippen LogP contribution < -0.4 is 15.0 Å². The van der Waals surface area contributed by atoms with Crippen LogP contribution in [0.2, 0.25) is 0 Å². The summed E-state index contributed by atoms with van der Waals surface area (Å²) in [5.74, 6) is -4.03. The number of carboxylic acids is 2. The van der Waals surface area contributed by atoms with E-state index >= 15 is 0 Å². The number of carbonyl (C=O) groups excluding carboxylic acids is 2. The summed E-state index contributed by atoms with van der Waals surface area (Å²) < 4.78 is 5.26. The van der Waals surface area contributed by atoms with E-state index in [9.17, 15) is 19.2 Å². The fourth-order valence-electron chi connectivity index (χ4n) is 2.79. The molecule has 1 heterocycles. The molecule has 0 bridgehead atoms. The van der Waals surface area contributed by atoms with E-state index in [0.717, 1.165) is 5.56 Å². The van der Waals surface area contributed by atoms with Gasteiger partial charge in [0.25, 0.3) is 0 Å². The summed E-state index contributed by atoms with van der Waals surface area (Å²) in [6, 6.07) is 3.77. The van der Waals surface area contributed by atoms with Crippen molar-refractivity contribution in [2.75, 3.05) is 18.6 Å². The van der Waals surface area contributed by atoms with Gasteiger partial charge in [0.15, 0.2) is 0 Å². The number of carboxylic acid groups (broad SMARTS) is 2. The molecule has 1 fully saturated rings. The maximum atomic E-state index is 12.3. The molecule has 3 N–H and O–H groups in total. The van der Waals surface area contributed by atoms with Gasteiger partial charge in [0.1, 0.15) is 11.8 Å². The summed E-state index contributed by atoms with van der Waals surface area (Å²) in [4.78, 5) is 47.9. The molecule has 140 valence electrons. The van der Waals surface area contributed by atoms with Gasteiger partial charge in [-0.15, -0.1) is 0 Å². The van der Waals surface area contributed by atoms with E-state index in [1.807, 2.05) is 13.0 Å². The Labute approximate surface area is 149 Å². The Kier molecular flexibility index (Phi) is 5.81. The maximum Gasteiger partial charge on any atom is 0.326 e. The second-order valence-electron chi connectivity index (χ2n) is 6.08.